The van der Waals surface area contributed by atoms with Gasteiger partial charge in [0.1, 0.15) is 48.8 Å². The van der Waals surface area contributed by atoms with Crippen LogP contribution in [0.25, 0.3) is 0 Å². The van der Waals surface area contributed by atoms with Crippen LogP contribution in [0, 0.1) is 0 Å². The number of benzene rings is 1. The van der Waals surface area contributed by atoms with Crippen LogP contribution in [0.1, 0.15) is 12.5 Å². The molecule has 186 valence electrons. The smallest absolute Gasteiger partial charge is 0.217 e. The third-order valence-corrected chi connectivity index (χ3v) is 5.62. The van der Waals surface area contributed by atoms with Crippen molar-refractivity contribution in [2.75, 3.05) is 13.2 Å². The van der Waals surface area contributed by atoms with Crippen LogP contribution in [0.4, 0.5) is 0 Å². The van der Waals surface area contributed by atoms with E-state index in [0.29, 0.717) is 0 Å². The molecule has 2 heterocycles. The molecule has 10 atom stereocenters. The van der Waals surface area contributed by atoms with E-state index in [4.69, 9.17) is 18.9 Å². The molecular formula is C21H31NO11. The van der Waals surface area contributed by atoms with Gasteiger partial charge in [-0.3, -0.25) is 4.79 Å². The molecule has 1 aromatic carbocycles. The van der Waals surface area contributed by atoms with Crippen LogP contribution in [0.2, 0.25) is 0 Å². The minimum atomic E-state index is -1.73. The normalized spacial score (nSPS) is 39.2. The molecule has 0 unspecified atom stereocenters. The van der Waals surface area contributed by atoms with Crippen LogP contribution in [-0.2, 0) is 30.3 Å². The molecule has 1 amide bonds. The fraction of sp³-hybridized carbons (Fsp3) is 0.667. The second kappa shape index (κ2) is 11.6. The van der Waals surface area contributed by atoms with E-state index in [1.807, 2.05) is 30.3 Å². The van der Waals surface area contributed by atoms with Gasteiger partial charge in [-0.1, -0.05) is 30.3 Å². The van der Waals surface area contributed by atoms with E-state index in [9.17, 15) is 35.4 Å². The standard InChI is InChI=1S/C21H31NO11/c1-10(25)22-14-19(33-21-18(29)17(28)15(26)12(7-23)32-21)16(27)13(8-24)31-20(14)30-9-11-5-3-2-4-6-11/h2-6,12-21,23-24,26-29H,7-9H2,1H3,(H,22,25)/t12-,13-,14+,15+,16-,17+,18-,19-,20+,21+/m1/s1. The lowest BCUT2D eigenvalue weighted by atomic mass is 9.95. The van der Waals surface area contributed by atoms with Gasteiger partial charge in [0, 0.05) is 6.92 Å². The second-order valence-corrected chi connectivity index (χ2v) is 8.04. The summed E-state index contributed by atoms with van der Waals surface area (Å²) in [6.07, 6.45) is -13.0. The van der Waals surface area contributed by atoms with Gasteiger partial charge in [-0.05, 0) is 5.56 Å². The highest BCUT2D eigenvalue weighted by Gasteiger charge is 2.51. The Morgan fingerprint density at radius 3 is 2.12 bits per heavy atom. The average Bonchev–Trinajstić information content (AvgIpc) is 2.81. The summed E-state index contributed by atoms with van der Waals surface area (Å²) >= 11 is 0. The van der Waals surface area contributed by atoms with Crippen molar-refractivity contribution in [3.63, 3.8) is 0 Å². The summed E-state index contributed by atoms with van der Waals surface area (Å²) in [4.78, 5) is 11.9. The Morgan fingerprint density at radius 1 is 0.909 bits per heavy atom. The lowest BCUT2D eigenvalue weighted by Gasteiger charge is -2.47. The van der Waals surface area contributed by atoms with Crippen LogP contribution >= 0.6 is 0 Å². The molecule has 0 spiro atoms. The molecule has 0 aliphatic carbocycles. The number of carbonyl (C=O) groups excluding carboxylic acids is 1. The summed E-state index contributed by atoms with van der Waals surface area (Å²) < 4.78 is 22.6. The molecule has 0 bridgehead atoms. The van der Waals surface area contributed by atoms with Crippen molar-refractivity contribution in [1.82, 2.24) is 5.32 Å². The summed E-state index contributed by atoms with van der Waals surface area (Å²) in [6, 6.07) is 8.00. The maximum absolute atomic E-state index is 11.9. The van der Waals surface area contributed by atoms with E-state index in [1.165, 1.54) is 6.92 Å². The number of amides is 1. The number of hydrogen-bond acceptors (Lipinski definition) is 11. The molecule has 7 N–H and O–H groups in total. The van der Waals surface area contributed by atoms with Crippen LogP contribution < -0.4 is 5.32 Å². The lowest BCUT2D eigenvalue weighted by Crippen LogP contribution is -2.68. The predicted octanol–water partition coefficient (Wildman–Crippen LogP) is -3.03. The van der Waals surface area contributed by atoms with Gasteiger partial charge >= 0.3 is 0 Å². The van der Waals surface area contributed by atoms with Gasteiger partial charge in [-0.25, -0.2) is 0 Å². The van der Waals surface area contributed by atoms with Gasteiger partial charge in [0.05, 0.1) is 19.8 Å². The highest BCUT2D eigenvalue weighted by atomic mass is 16.7. The number of hydrogen-bond donors (Lipinski definition) is 7. The van der Waals surface area contributed by atoms with Crippen molar-refractivity contribution < 1.29 is 54.4 Å². The highest BCUT2D eigenvalue weighted by molar-refractivity contribution is 5.73. The Labute approximate surface area is 190 Å². The number of nitrogens with one attached hydrogen (secondary N) is 1. The van der Waals surface area contributed by atoms with Crippen LogP contribution in [0.15, 0.2) is 30.3 Å². The van der Waals surface area contributed by atoms with E-state index < -0.39 is 80.5 Å². The first-order valence-electron chi connectivity index (χ1n) is 10.6. The van der Waals surface area contributed by atoms with E-state index in [0.717, 1.165) is 5.56 Å². The summed E-state index contributed by atoms with van der Waals surface area (Å²) in [5.41, 5.74) is 0.806. The van der Waals surface area contributed by atoms with Gasteiger partial charge in [0.2, 0.25) is 5.91 Å². The molecule has 2 aliphatic rings. The Bertz CT molecular complexity index is 751. The maximum Gasteiger partial charge on any atom is 0.217 e. The van der Waals surface area contributed by atoms with Gasteiger partial charge in [0.15, 0.2) is 12.6 Å². The Hall–Kier alpha value is -1.71. The zero-order valence-corrected chi connectivity index (χ0v) is 18.0. The monoisotopic (exact) mass is 473 g/mol. The Kier molecular flexibility index (Phi) is 9.12. The SMILES string of the molecule is CC(=O)N[C@@H]1[C@@H](OCc2ccccc2)O[C@H](CO)[C@@H](O)[C@@H]1O[C@@H]1O[C@H](CO)[C@H](O)[C@H](O)[C@H]1O. The van der Waals surface area contributed by atoms with Crippen molar-refractivity contribution in [2.45, 2.75) is 74.9 Å². The van der Waals surface area contributed by atoms with Crippen molar-refractivity contribution in [2.24, 2.45) is 0 Å². The topological polar surface area (TPSA) is 187 Å². The van der Waals surface area contributed by atoms with Crippen LogP contribution in [0.3, 0.4) is 0 Å². The van der Waals surface area contributed by atoms with E-state index in [1.54, 1.807) is 0 Å². The van der Waals surface area contributed by atoms with Gasteiger partial charge < -0.3 is 54.9 Å². The highest BCUT2D eigenvalue weighted by Crippen LogP contribution is 2.30. The summed E-state index contributed by atoms with van der Waals surface area (Å²) in [6.45, 7) is 0.0539. The Morgan fingerprint density at radius 2 is 1.52 bits per heavy atom. The van der Waals surface area contributed by atoms with E-state index in [-0.39, 0.29) is 6.61 Å². The first-order chi connectivity index (χ1) is 15.8. The minimum Gasteiger partial charge on any atom is -0.394 e. The van der Waals surface area contributed by atoms with Gasteiger partial charge in [-0.2, -0.15) is 0 Å². The van der Waals surface area contributed by atoms with Gasteiger partial charge in [0.25, 0.3) is 0 Å². The molecule has 3 rings (SSSR count). The second-order valence-electron chi connectivity index (χ2n) is 8.04. The quantitative estimate of drug-likeness (QED) is 0.203. The molecule has 2 fully saturated rings. The number of ether oxygens (including phenoxy) is 4. The molecule has 0 aromatic heterocycles. The molecule has 12 heteroatoms. The maximum atomic E-state index is 11.9. The fourth-order valence-electron chi connectivity index (χ4n) is 3.85. The van der Waals surface area contributed by atoms with E-state index in [2.05, 4.69) is 5.32 Å². The lowest BCUT2D eigenvalue weighted by molar-refractivity contribution is -0.345. The zero-order chi connectivity index (χ0) is 24.1. The molecule has 2 aliphatic heterocycles. The molecule has 33 heavy (non-hydrogen) atoms. The van der Waals surface area contributed by atoms with Gasteiger partial charge in [-0.15, -0.1) is 0 Å². The molecule has 1 aromatic rings. The summed E-state index contributed by atoms with van der Waals surface area (Å²) in [7, 11) is 0. The van der Waals surface area contributed by atoms with Crippen molar-refractivity contribution in [3.8, 4) is 0 Å². The molecule has 12 nitrogen and oxygen atoms in total. The van der Waals surface area contributed by atoms with Crippen LogP contribution in [0.5, 0.6) is 0 Å². The summed E-state index contributed by atoms with van der Waals surface area (Å²) in [5, 5.41) is 62.8. The molecule has 2 saturated heterocycles. The fourth-order valence-corrected chi connectivity index (χ4v) is 3.85. The first-order valence-corrected chi connectivity index (χ1v) is 10.6. The molecular weight excluding hydrogens is 442 g/mol. The third kappa shape index (κ3) is 6.05. The molecule has 0 saturated carbocycles. The number of aliphatic hydroxyl groups excluding tert-OH is 6. The van der Waals surface area contributed by atoms with Crippen molar-refractivity contribution >= 4 is 5.91 Å². The molecule has 0 radical (unpaired) electrons. The third-order valence-electron chi connectivity index (χ3n) is 5.62. The average molecular weight is 473 g/mol. The minimum absolute atomic E-state index is 0.0859. The van der Waals surface area contributed by atoms with Crippen LogP contribution in [-0.4, -0.2) is 111 Å². The van der Waals surface area contributed by atoms with E-state index >= 15 is 0 Å². The first kappa shape index (κ1) is 25.9. The number of rotatable bonds is 8. The Balaban J connectivity index is 1.82. The zero-order valence-electron chi connectivity index (χ0n) is 18.0. The predicted molar refractivity (Wildman–Crippen MR) is 109 cm³/mol. The number of aliphatic hydroxyl groups is 6. The number of carbonyl (C=O) groups is 1. The summed E-state index contributed by atoms with van der Waals surface area (Å²) in [5.74, 6) is -0.492. The largest absolute Gasteiger partial charge is 0.394 e. The van der Waals surface area contributed by atoms with Crippen molar-refractivity contribution in [3.05, 3.63) is 35.9 Å². The van der Waals surface area contributed by atoms with Crippen molar-refractivity contribution in [1.29, 1.82) is 0 Å².